The minimum atomic E-state index is -3.72. The molecular weight excluding hydrogens is 372 g/mol. The second-order valence-electron chi connectivity index (χ2n) is 4.19. The van der Waals surface area contributed by atoms with E-state index in [2.05, 4.69) is 25.9 Å². The van der Waals surface area contributed by atoms with Crippen LogP contribution in [0.5, 0.6) is 11.5 Å². The number of hydrogen-bond donors (Lipinski definition) is 2. The summed E-state index contributed by atoms with van der Waals surface area (Å²) in [5, 5.41) is 13.5. The predicted octanol–water partition coefficient (Wildman–Crippen LogP) is 2.48. The van der Waals surface area contributed by atoms with Gasteiger partial charge in [-0.3, -0.25) is 0 Å². The molecule has 116 valence electrons. The number of hydrogen-bond acceptors (Lipinski definition) is 5. The smallest absolute Gasteiger partial charge is 0.276 e. The molecule has 2 N–H and O–H groups in total. The molecular formula is C14H13BrN2O4S. The van der Waals surface area contributed by atoms with Crippen LogP contribution in [0, 0.1) is 0 Å². The summed E-state index contributed by atoms with van der Waals surface area (Å²) in [6.07, 6.45) is 1.28. The highest BCUT2D eigenvalue weighted by Crippen LogP contribution is 2.35. The highest BCUT2D eigenvalue weighted by molar-refractivity contribution is 9.10. The van der Waals surface area contributed by atoms with Crippen LogP contribution in [0.3, 0.4) is 0 Å². The third-order valence-corrected chi connectivity index (χ3v) is 4.83. The zero-order valence-corrected chi connectivity index (χ0v) is 13.9. The zero-order valence-electron chi connectivity index (χ0n) is 11.5. The Morgan fingerprint density at radius 2 is 1.91 bits per heavy atom. The van der Waals surface area contributed by atoms with Gasteiger partial charge in [0.2, 0.25) is 0 Å². The molecule has 8 heteroatoms. The van der Waals surface area contributed by atoms with Gasteiger partial charge in [-0.25, -0.2) is 4.83 Å². The molecule has 2 aromatic rings. The van der Waals surface area contributed by atoms with Crippen LogP contribution in [0.15, 0.2) is 56.9 Å². The molecule has 0 aliphatic carbocycles. The van der Waals surface area contributed by atoms with Crippen molar-refractivity contribution in [3.8, 4) is 11.5 Å². The number of nitrogens with one attached hydrogen (secondary N) is 1. The first kappa shape index (κ1) is 16.3. The minimum absolute atomic E-state index is 0.0858. The third kappa shape index (κ3) is 3.58. The highest BCUT2D eigenvalue weighted by Gasteiger charge is 2.12. The third-order valence-electron chi connectivity index (χ3n) is 2.76. The summed E-state index contributed by atoms with van der Waals surface area (Å²) in [5.74, 6) is 0.214. The maximum Gasteiger partial charge on any atom is 0.276 e. The fraction of sp³-hybridized carbons (Fsp3) is 0.0714. The Morgan fingerprint density at radius 1 is 1.23 bits per heavy atom. The molecule has 2 rings (SSSR count). The van der Waals surface area contributed by atoms with Gasteiger partial charge in [-0.1, -0.05) is 18.2 Å². The molecule has 0 radical (unpaired) electrons. The Labute approximate surface area is 136 Å². The fourth-order valence-corrected chi connectivity index (χ4v) is 2.89. The molecule has 0 amide bonds. The first-order valence-electron chi connectivity index (χ1n) is 6.11. The van der Waals surface area contributed by atoms with Crippen molar-refractivity contribution in [3.63, 3.8) is 0 Å². The first-order valence-corrected chi connectivity index (χ1v) is 8.38. The summed E-state index contributed by atoms with van der Waals surface area (Å²) in [6.45, 7) is 0. The van der Waals surface area contributed by atoms with Crippen LogP contribution < -0.4 is 9.57 Å². The molecule has 0 saturated carbocycles. The van der Waals surface area contributed by atoms with E-state index in [-0.39, 0.29) is 10.6 Å². The molecule has 0 spiro atoms. The molecule has 0 aliphatic rings. The van der Waals surface area contributed by atoms with Crippen LogP contribution in [0.1, 0.15) is 5.56 Å². The van der Waals surface area contributed by atoms with E-state index in [9.17, 15) is 13.5 Å². The van der Waals surface area contributed by atoms with Gasteiger partial charge in [0.1, 0.15) is 0 Å². The number of ether oxygens (including phenoxy) is 1. The average Bonchev–Trinajstić information content (AvgIpc) is 2.52. The Morgan fingerprint density at radius 3 is 2.55 bits per heavy atom. The van der Waals surface area contributed by atoms with E-state index >= 15 is 0 Å². The van der Waals surface area contributed by atoms with E-state index < -0.39 is 10.0 Å². The lowest BCUT2D eigenvalue weighted by molar-refractivity contribution is 0.372. The van der Waals surface area contributed by atoms with E-state index in [0.29, 0.717) is 15.8 Å². The van der Waals surface area contributed by atoms with E-state index in [4.69, 9.17) is 4.74 Å². The maximum absolute atomic E-state index is 12.0. The van der Waals surface area contributed by atoms with Gasteiger partial charge in [0.15, 0.2) is 11.5 Å². The van der Waals surface area contributed by atoms with Crippen molar-refractivity contribution in [2.75, 3.05) is 7.11 Å². The van der Waals surface area contributed by atoms with Crippen molar-refractivity contribution >= 4 is 32.2 Å². The lowest BCUT2D eigenvalue weighted by Gasteiger charge is -2.07. The number of nitrogens with zero attached hydrogens (tertiary/aromatic N) is 1. The summed E-state index contributed by atoms with van der Waals surface area (Å²) >= 11 is 3.20. The standard InChI is InChI=1S/C14H13BrN2O4S/c1-21-12-8-7-10(13(15)14(12)18)9-16-17-22(19,20)11-5-3-2-4-6-11/h2-9,17-18H,1H3/b16-9+. The summed E-state index contributed by atoms with van der Waals surface area (Å²) in [7, 11) is -2.28. The molecule has 0 fully saturated rings. The molecule has 6 nitrogen and oxygen atoms in total. The Kier molecular flexibility index (Phi) is 5.04. The van der Waals surface area contributed by atoms with Gasteiger partial charge >= 0.3 is 0 Å². The average molecular weight is 385 g/mol. The van der Waals surface area contributed by atoms with Gasteiger partial charge in [0.05, 0.1) is 22.7 Å². The highest BCUT2D eigenvalue weighted by atomic mass is 79.9. The van der Waals surface area contributed by atoms with Crippen molar-refractivity contribution < 1.29 is 18.3 Å². The van der Waals surface area contributed by atoms with Crippen molar-refractivity contribution in [2.24, 2.45) is 5.10 Å². The number of phenols is 1. The van der Waals surface area contributed by atoms with Gasteiger partial charge < -0.3 is 9.84 Å². The van der Waals surface area contributed by atoms with Crippen molar-refractivity contribution in [1.29, 1.82) is 0 Å². The first-order chi connectivity index (χ1) is 10.5. The number of sulfonamides is 1. The number of halogens is 1. The molecule has 0 heterocycles. The SMILES string of the molecule is COc1ccc(/C=N/NS(=O)(=O)c2ccccc2)c(Br)c1O. The Hall–Kier alpha value is -2.06. The zero-order chi connectivity index (χ0) is 16.2. The monoisotopic (exact) mass is 384 g/mol. The Bertz CT molecular complexity index is 792. The lowest BCUT2D eigenvalue weighted by Crippen LogP contribution is -2.18. The normalized spacial score (nSPS) is 11.5. The summed E-state index contributed by atoms with van der Waals surface area (Å²) < 4.78 is 29.3. The second kappa shape index (κ2) is 6.80. The van der Waals surface area contributed by atoms with Crippen molar-refractivity contribution in [1.82, 2.24) is 4.83 Å². The van der Waals surface area contributed by atoms with Gasteiger partial charge in [-0.05, 0) is 40.2 Å². The number of aromatic hydroxyl groups is 1. The lowest BCUT2D eigenvalue weighted by atomic mass is 10.2. The number of benzene rings is 2. The van der Waals surface area contributed by atoms with Crippen LogP contribution in [0.25, 0.3) is 0 Å². The molecule has 0 saturated heterocycles. The number of phenolic OH excluding ortho intramolecular Hbond substituents is 1. The second-order valence-corrected chi connectivity index (χ2v) is 6.64. The van der Waals surface area contributed by atoms with Gasteiger partial charge in [-0.15, -0.1) is 0 Å². The quantitative estimate of drug-likeness (QED) is 0.612. The number of hydrazone groups is 1. The van der Waals surface area contributed by atoms with E-state index in [1.54, 1.807) is 30.3 Å². The van der Waals surface area contributed by atoms with Crippen molar-refractivity contribution in [3.05, 3.63) is 52.5 Å². The van der Waals surface area contributed by atoms with E-state index in [0.717, 1.165) is 0 Å². The fourth-order valence-electron chi connectivity index (χ4n) is 1.64. The molecule has 0 bridgehead atoms. The van der Waals surface area contributed by atoms with Crippen LogP contribution in [0.4, 0.5) is 0 Å². The number of methoxy groups -OCH3 is 1. The maximum atomic E-state index is 12.0. The molecule has 0 aliphatic heterocycles. The molecule has 22 heavy (non-hydrogen) atoms. The summed E-state index contributed by atoms with van der Waals surface area (Å²) in [5.41, 5.74) is 0.495. The van der Waals surface area contributed by atoms with E-state index in [1.165, 1.54) is 25.5 Å². The van der Waals surface area contributed by atoms with Crippen LogP contribution in [-0.4, -0.2) is 26.8 Å². The summed E-state index contributed by atoms with van der Waals surface area (Å²) in [6, 6.07) is 11.1. The minimum Gasteiger partial charge on any atom is -0.503 e. The topological polar surface area (TPSA) is 88.0 Å². The van der Waals surface area contributed by atoms with Gasteiger partial charge in [-0.2, -0.15) is 13.5 Å². The molecule has 0 aromatic heterocycles. The van der Waals surface area contributed by atoms with Gasteiger partial charge in [0.25, 0.3) is 10.0 Å². The van der Waals surface area contributed by atoms with E-state index in [1.807, 2.05) is 0 Å². The van der Waals surface area contributed by atoms with Gasteiger partial charge in [0, 0.05) is 5.56 Å². The molecule has 0 atom stereocenters. The Balaban J connectivity index is 2.19. The van der Waals surface area contributed by atoms with Crippen LogP contribution in [0.2, 0.25) is 0 Å². The van der Waals surface area contributed by atoms with Crippen LogP contribution >= 0.6 is 15.9 Å². The number of rotatable bonds is 5. The predicted molar refractivity (Wildman–Crippen MR) is 86.7 cm³/mol. The summed E-state index contributed by atoms with van der Waals surface area (Å²) in [4.78, 5) is 2.22. The molecule has 0 unspecified atom stereocenters. The van der Waals surface area contributed by atoms with Crippen LogP contribution in [-0.2, 0) is 10.0 Å². The largest absolute Gasteiger partial charge is 0.503 e. The van der Waals surface area contributed by atoms with Crippen molar-refractivity contribution in [2.45, 2.75) is 4.90 Å². The molecule has 2 aromatic carbocycles.